The maximum Gasteiger partial charge on any atom is 0.270 e. The van der Waals surface area contributed by atoms with Gasteiger partial charge in [-0.15, -0.1) is 0 Å². The third-order valence-corrected chi connectivity index (χ3v) is 3.71. The van der Waals surface area contributed by atoms with E-state index >= 15 is 0 Å². The van der Waals surface area contributed by atoms with Crippen LogP contribution in [0.1, 0.15) is 56.6 Å². The Labute approximate surface area is 143 Å². The molecule has 0 bridgehead atoms. The lowest BCUT2D eigenvalue weighted by molar-refractivity contribution is 0.0948. The van der Waals surface area contributed by atoms with Crippen LogP contribution in [-0.4, -0.2) is 22.4 Å². The van der Waals surface area contributed by atoms with Crippen LogP contribution in [0.4, 0.5) is 11.6 Å². The van der Waals surface area contributed by atoms with Crippen LogP contribution in [0.25, 0.3) is 0 Å². The highest BCUT2D eigenvalue weighted by Gasteiger charge is 2.13. The van der Waals surface area contributed by atoms with Crippen molar-refractivity contribution in [2.75, 3.05) is 11.9 Å². The largest absolute Gasteiger partial charge is 0.351 e. The van der Waals surface area contributed by atoms with Crippen molar-refractivity contribution in [3.63, 3.8) is 0 Å². The summed E-state index contributed by atoms with van der Waals surface area (Å²) in [5.41, 5.74) is 2.64. The highest BCUT2D eigenvalue weighted by Crippen LogP contribution is 2.24. The molecule has 2 N–H and O–H groups in total. The summed E-state index contributed by atoms with van der Waals surface area (Å²) in [5.74, 6) is 0.249. The van der Waals surface area contributed by atoms with Gasteiger partial charge in [0.05, 0.1) is 0 Å². The van der Waals surface area contributed by atoms with Crippen LogP contribution >= 0.6 is 0 Å². The van der Waals surface area contributed by atoms with Gasteiger partial charge in [0.1, 0.15) is 5.69 Å². The Hall–Kier alpha value is -2.43. The topological polar surface area (TPSA) is 66.9 Å². The minimum Gasteiger partial charge on any atom is -0.351 e. The van der Waals surface area contributed by atoms with Gasteiger partial charge in [-0.2, -0.15) is 0 Å². The summed E-state index contributed by atoms with van der Waals surface area (Å²) in [7, 11) is 0. The van der Waals surface area contributed by atoms with E-state index in [1.54, 1.807) is 12.3 Å². The zero-order valence-electron chi connectivity index (χ0n) is 14.9. The molecule has 2 aromatic rings. The third-order valence-electron chi connectivity index (χ3n) is 3.71. The molecule has 24 heavy (non-hydrogen) atoms. The predicted octanol–water partition coefficient (Wildman–Crippen LogP) is 4.05. The molecule has 0 aliphatic carbocycles. The average Bonchev–Trinajstić information content (AvgIpc) is 2.55. The van der Waals surface area contributed by atoms with Crippen LogP contribution < -0.4 is 10.6 Å². The van der Waals surface area contributed by atoms with Crippen molar-refractivity contribution in [3.8, 4) is 0 Å². The monoisotopic (exact) mass is 326 g/mol. The molecule has 0 aliphatic heterocycles. The van der Waals surface area contributed by atoms with E-state index in [1.165, 1.54) is 5.56 Å². The number of unbranched alkanes of at least 4 members (excludes halogenated alkanes) is 1. The van der Waals surface area contributed by atoms with Crippen molar-refractivity contribution >= 4 is 17.5 Å². The van der Waals surface area contributed by atoms with E-state index in [1.807, 2.05) is 12.1 Å². The van der Waals surface area contributed by atoms with E-state index < -0.39 is 0 Å². The van der Waals surface area contributed by atoms with E-state index in [9.17, 15) is 4.79 Å². The van der Waals surface area contributed by atoms with Gasteiger partial charge < -0.3 is 10.6 Å². The molecule has 2 rings (SSSR count). The Balaban J connectivity index is 2.05. The highest BCUT2D eigenvalue weighted by molar-refractivity contribution is 5.92. The molecule has 1 aromatic carbocycles. The summed E-state index contributed by atoms with van der Waals surface area (Å²) < 4.78 is 0. The minimum absolute atomic E-state index is 0.117. The van der Waals surface area contributed by atoms with Crippen LogP contribution in [0.3, 0.4) is 0 Å². The van der Waals surface area contributed by atoms with Gasteiger partial charge in [0.2, 0.25) is 5.95 Å². The summed E-state index contributed by atoms with van der Waals surface area (Å²) in [6.45, 7) is 9.29. The Bertz CT molecular complexity index is 675. The normalized spacial score (nSPS) is 11.2. The molecule has 5 nitrogen and oxygen atoms in total. The van der Waals surface area contributed by atoms with Crippen molar-refractivity contribution in [2.45, 2.75) is 46.0 Å². The van der Waals surface area contributed by atoms with E-state index in [-0.39, 0.29) is 11.3 Å². The summed E-state index contributed by atoms with van der Waals surface area (Å²) in [4.78, 5) is 20.5. The molecule has 0 aliphatic rings. The fourth-order valence-corrected chi connectivity index (χ4v) is 2.20. The van der Waals surface area contributed by atoms with Gasteiger partial charge in [-0.05, 0) is 35.6 Å². The van der Waals surface area contributed by atoms with Crippen LogP contribution in [0.2, 0.25) is 0 Å². The zero-order valence-corrected chi connectivity index (χ0v) is 14.9. The van der Waals surface area contributed by atoms with E-state index in [2.05, 4.69) is 60.4 Å². The van der Waals surface area contributed by atoms with Gasteiger partial charge in [-0.1, -0.05) is 46.2 Å². The summed E-state index contributed by atoms with van der Waals surface area (Å²) in [6, 6.07) is 9.79. The Morgan fingerprint density at radius 2 is 1.83 bits per heavy atom. The first-order chi connectivity index (χ1) is 11.4. The molecule has 0 radical (unpaired) electrons. The molecule has 0 saturated heterocycles. The second-order valence-electron chi connectivity index (χ2n) is 6.83. The Morgan fingerprint density at radius 1 is 1.12 bits per heavy atom. The molecule has 5 heteroatoms. The first-order valence-electron chi connectivity index (χ1n) is 8.39. The van der Waals surface area contributed by atoms with Crippen molar-refractivity contribution in [2.24, 2.45) is 0 Å². The van der Waals surface area contributed by atoms with Gasteiger partial charge >= 0.3 is 0 Å². The number of nitrogens with zero attached hydrogens (tertiary/aromatic N) is 2. The van der Waals surface area contributed by atoms with E-state index in [4.69, 9.17) is 0 Å². The number of hydrogen-bond donors (Lipinski definition) is 2. The molecule has 1 aromatic heterocycles. The van der Waals surface area contributed by atoms with Gasteiger partial charge in [0.25, 0.3) is 5.91 Å². The maximum atomic E-state index is 12.1. The molecular weight excluding hydrogens is 300 g/mol. The van der Waals surface area contributed by atoms with Crippen molar-refractivity contribution in [1.82, 2.24) is 15.3 Å². The molecule has 128 valence electrons. The number of carbonyl (C=O) groups is 1. The summed E-state index contributed by atoms with van der Waals surface area (Å²) >= 11 is 0. The molecular formula is C19H26N4O. The average molecular weight is 326 g/mol. The van der Waals surface area contributed by atoms with Gasteiger partial charge in [-0.25, -0.2) is 9.97 Å². The molecule has 0 fully saturated rings. The van der Waals surface area contributed by atoms with Crippen molar-refractivity contribution in [1.29, 1.82) is 0 Å². The summed E-state index contributed by atoms with van der Waals surface area (Å²) in [6.07, 6.45) is 3.59. The highest BCUT2D eigenvalue weighted by atomic mass is 16.1. The standard InChI is InChI=1S/C19H26N4O/c1-5-6-12-20-17(24)16-11-13-21-18(23-16)22-15-9-7-14(8-10-15)19(2,3)4/h7-11,13H,5-6,12H2,1-4H3,(H,20,24)(H,21,22,23). The second-order valence-corrected chi connectivity index (χ2v) is 6.83. The lowest BCUT2D eigenvalue weighted by Gasteiger charge is -2.19. The molecule has 0 saturated carbocycles. The van der Waals surface area contributed by atoms with E-state index in [0.29, 0.717) is 18.2 Å². The number of benzene rings is 1. The number of rotatable bonds is 6. The molecule has 1 amide bonds. The molecule has 0 spiro atoms. The predicted molar refractivity (Wildman–Crippen MR) is 97.7 cm³/mol. The van der Waals surface area contributed by atoms with Crippen LogP contribution in [0.15, 0.2) is 36.5 Å². The number of aromatic nitrogens is 2. The van der Waals surface area contributed by atoms with Gasteiger partial charge in [-0.3, -0.25) is 4.79 Å². The molecule has 0 unspecified atom stereocenters. The van der Waals surface area contributed by atoms with Crippen molar-refractivity contribution in [3.05, 3.63) is 47.8 Å². The SMILES string of the molecule is CCCCNC(=O)c1ccnc(Nc2ccc(C(C)(C)C)cc2)n1. The van der Waals surface area contributed by atoms with Gasteiger partial charge in [0.15, 0.2) is 0 Å². The van der Waals surface area contributed by atoms with Crippen molar-refractivity contribution < 1.29 is 4.79 Å². The lowest BCUT2D eigenvalue weighted by Crippen LogP contribution is -2.25. The smallest absolute Gasteiger partial charge is 0.270 e. The Morgan fingerprint density at radius 3 is 2.46 bits per heavy atom. The minimum atomic E-state index is -0.169. The summed E-state index contributed by atoms with van der Waals surface area (Å²) in [5, 5.41) is 6.00. The third kappa shape index (κ3) is 5.05. The second kappa shape index (κ2) is 7.90. The first-order valence-corrected chi connectivity index (χ1v) is 8.39. The zero-order chi connectivity index (χ0) is 17.6. The Kier molecular flexibility index (Phi) is 5.90. The number of carbonyl (C=O) groups excluding carboxylic acids is 1. The lowest BCUT2D eigenvalue weighted by atomic mass is 9.87. The molecule has 1 heterocycles. The fourth-order valence-electron chi connectivity index (χ4n) is 2.20. The van der Waals surface area contributed by atoms with Crippen LogP contribution in [0.5, 0.6) is 0 Å². The van der Waals surface area contributed by atoms with E-state index in [0.717, 1.165) is 18.5 Å². The fraction of sp³-hybridized carbons (Fsp3) is 0.421. The number of amides is 1. The maximum absolute atomic E-state index is 12.1. The number of nitrogens with one attached hydrogen (secondary N) is 2. The van der Waals surface area contributed by atoms with Gasteiger partial charge in [0, 0.05) is 18.4 Å². The molecule has 0 atom stereocenters. The first kappa shape index (κ1) is 17.9. The number of hydrogen-bond acceptors (Lipinski definition) is 4. The van der Waals surface area contributed by atoms with Crippen LogP contribution in [-0.2, 0) is 5.41 Å². The quantitative estimate of drug-likeness (QED) is 0.786. The van der Waals surface area contributed by atoms with Crippen LogP contribution in [0, 0.1) is 0 Å². The number of anilines is 2.